The zero-order valence-electron chi connectivity index (χ0n) is 17.5. The van der Waals surface area contributed by atoms with Crippen molar-refractivity contribution in [2.24, 2.45) is 0 Å². The fourth-order valence-corrected chi connectivity index (χ4v) is 4.05. The Hall–Kier alpha value is -2.81. The molecule has 0 bridgehead atoms. The number of anilines is 1. The average molecular weight is 513 g/mol. The van der Waals surface area contributed by atoms with Crippen LogP contribution in [0.2, 0.25) is 0 Å². The molecule has 0 aliphatic heterocycles. The summed E-state index contributed by atoms with van der Waals surface area (Å²) in [4.78, 5) is 13.0. The molecule has 2 N–H and O–H groups in total. The first-order chi connectivity index (χ1) is 15.8. The normalized spacial score (nSPS) is 12.9. The SMILES string of the molecule is COc1ccccc1Sc1nc(N)nc2c1ncn2CCOC(F)(CC(F)(F)F)CC(F)(F)F. The zero-order valence-corrected chi connectivity index (χ0v) is 18.3. The topological polar surface area (TPSA) is 88.1 Å². The van der Waals surface area contributed by atoms with Gasteiger partial charge in [-0.1, -0.05) is 23.9 Å². The van der Waals surface area contributed by atoms with Gasteiger partial charge in [-0.05, 0) is 12.1 Å². The number of nitrogens with zero attached hydrogens (tertiary/aromatic N) is 4. The fourth-order valence-electron chi connectivity index (χ4n) is 3.07. The summed E-state index contributed by atoms with van der Waals surface area (Å²) < 4.78 is 101. The highest BCUT2D eigenvalue weighted by atomic mass is 32.2. The lowest BCUT2D eigenvalue weighted by molar-refractivity contribution is -0.273. The van der Waals surface area contributed by atoms with Gasteiger partial charge in [-0.2, -0.15) is 31.3 Å². The Morgan fingerprint density at radius 2 is 1.65 bits per heavy atom. The number of hydrogen-bond acceptors (Lipinski definition) is 7. The number of alkyl halides is 7. The summed E-state index contributed by atoms with van der Waals surface area (Å²) >= 11 is 1.16. The minimum Gasteiger partial charge on any atom is -0.496 e. The molecule has 7 nitrogen and oxygen atoms in total. The highest BCUT2D eigenvalue weighted by molar-refractivity contribution is 7.99. The van der Waals surface area contributed by atoms with Crippen LogP contribution in [0.15, 0.2) is 40.5 Å². The highest BCUT2D eigenvalue weighted by Gasteiger charge is 2.50. The van der Waals surface area contributed by atoms with E-state index in [1.165, 1.54) is 18.0 Å². The lowest BCUT2D eigenvalue weighted by Gasteiger charge is -2.27. The number of imidazole rings is 1. The number of methoxy groups -OCH3 is 1. The third-order valence-electron chi connectivity index (χ3n) is 4.35. The van der Waals surface area contributed by atoms with E-state index in [2.05, 4.69) is 19.7 Å². The predicted molar refractivity (Wildman–Crippen MR) is 108 cm³/mol. The number of hydrogen-bond donors (Lipinski definition) is 1. The molecule has 0 saturated heterocycles. The largest absolute Gasteiger partial charge is 0.496 e. The number of rotatable bonds is 9. The minimum atomic E-state index is -5.20. The quantitative estimate of drug-likeness (QED) is 0.313. The molecule has 0 radical (unpaired) electrons. The highest BCUT2D eigenvalue weighted by Crippen LogP contribution is 2.40. The Balaban J connectivity index is 1.80. The molecule has 0 atom stereocenters. The molecule has 3 aromatic rings. The number of nitrogen functional groups attached to an aromatic ring is 1. The minimum absolute atomic E-state index is 0.143. The van der Waals surface area contributed by atoms with Crippen LogP contribution in [0.4, 0.5) is 36.7 Å². The maximum atomic E-state index is 14.4. The molecule has 0 spiro atoms. The van der Waals surface area contributed by atoms with E-state index in [-0.39, 0.29) is 23.7 Å². The van der Waals surface area contributed by atoms with Gasteiger partial charge in [0, 0.05) is 6.54 Å². The summed E-state index contributed by atoms with van der Waals surface area (Å²) in [5.74, 6) is -3.56. The predicted octanol–water partition coefficient (Wildman–Crippen LogP) is 5.16. The van der Waals surface area contributed by atoms with Crippen molar-refractivity contribution in [3.05, 3.63) is 30.6 Å². The van der Waals surface area contributed by atoms with E-state index in [9.17, 15) is 30.7 Å². The molecule has 0 amide bonds. The molecule has 0 saturated carbocycles. The van der Waals surface area contributed by atoms with E-state index in [1.54, 1.807) is 24.3 Å². The van der Waals surface area contributed by atoms with Crippen molar-refractivity contribution in [2.75, 3.05) is 19.5 Å². The van der Waals surface area contributed by atoms with E-state index in [0.717, 1.165) is 11.8 Å². The van der Waals surface area contributed by atoms with Gasteiger partial charge in [0.1, 0.15) is 29.1 Å². The molecule has 34 heavy (non-hydrogen) atoms. The van der Waals surface area contributed by atoms with Crippen molar-refractivity contribution in [1.82, 2.24) is 19.5 Å². The number of benzene rings is 1. The summed E-state index contributed by atoms with van der Waals surface area (Å²) in [6.07, 6.45) is -14.0. The third kappa shape index (κ3) is 6.85. The second kappa shape index (κ2) is 9.82. The molecule has 186 valence electrons. The smallest absolute Gasteiger partial charge is 0.394 e. The van der Waals surface area contributed by atoms with Crippen molar-refractivity contribution in [3.8, 4) is 5.75 Å². The summed E-state index contributed by atoms with van der Waals surface area (Å²) in [7, 11) is 1.49. The first-order valence-corrected chi connectivity index (χ1v) is 10.4. The number of aromatic nitrogens is 4. The van der Waals surface area contributed by atoms with Crippen LogP contribution in [-0.2, 0) is 11.3 Å². The molecule has 0 aliphatic carbocycles. The molecule has 0 unspecified atom stereocenters. The number of ether oxygens (including phenoxy) is 2. The maximum Gasteiger partial charge on any atom is 0.394 e. The van der Waals surface area contributed by atoms with Crippen molar-refractivity contribution in [1.29, 1.82) is 0 Å². The third-order valence-corrected chi connectivity index (χ3v) is 5.38. The van der Waals surface area contributed by atoms with Crippen LogP contribution < -0.4 is 10.5 Å². The Kier molecular flexibility index (Phi) is 7.45. The summed E-state index contributed by atoms with van der Waals surface area (Å²) in [5, 5.41) is 0.334. The van der Waals surface area contributed by atoms with Crippen LogP contribution >= 0.6 is 11.8 Å². The van der Waals surface area contributed by atoms with Gasteiger partial charge < -0.3 is 19.8 Å². The fraction of sp³-hybridized carbons (Fsp3) is 0.421. The Labute approximate surface area is 192 Å². The van der Waals surface area contributed by atoms with Crippen LogP contribution in [0, 0.1) is 0 Å². The van der Waals surface area contributed by atoms with Gasteiger partial charge in [-0.3, -0.25) is 0 Å². The molecule has 2 aromatic heterocycles. The monoisotopic (exact) mass is 513 g/mol. The lowest BCUT2D eigenvalue weighted by atomic mass is 10.1. The van der Waals surface area contributed by atoms with Crippen molar-refractivity contribution in [2.45, 2.75) is 47.5 Å². The molecule has 0 aliphatic rings. The summed E-state index contributed by atoms with van der Waals surface area (Å²) in [6, 6.07) is 7.03. The van der Waals surface area contributed by atoms with E-state index in [1.807, 2.05) is 0 Å². The summed E-state index contributed by atoms with van der Waals surface area (Å²) in [5.41, 5.74) is 6.17. The van der Waals surface area contributed by atoms with E-state index in [4.69, 9.17) is 10.5 Å². The first kappa shape index (κ1) is 25.8. The lowest BCUT2D eigenvalue weighted by Crippen LogP contribution is -2.38. The molecular formula is C19H18F7N5O2S. The second-order valence-corrected chi connectivity index (χ2v) is 8.10. The molecule has 0 fully saturated rings. The summed E-state index contributed by atoms with van der Waals surface area (Å²) in [6.45, 7) is -1.15. The van der Waals surface area contributed by atoms with Crippen LogP contribution in [0.25, 0.3) is 11.2 Å². The van der Waals surface area contributed by atoms with Crippen molar-refractivity contribution < 1.29 is 40.2 Å². The standard InChI is InChI=1S/C19H18F7N5O2S/c1-32-11-4-2-3-5-12(11)34-15-13-14(29-16(27)30-15)31(10-28-13)6-7-33-17(20,8-18(21,22)23)9-19(24,25)26/h2-5,10H,6-9H2,1H3,(H2,27,29,30). The van der Waals surface area contributed by atoms with Gasteiger partial charge in [-0.25, -0.2) is 14.4 Å². The average Bonchev–Trinajstić information content (AvgIpc) is 3.08. The van der Waals surface area contributed by atoms with Gasteiger partial charge in [-0.15, -0.1) is 0 Å². The molecule has 2 heterocycles. The molecular weight excluding hydrogens is 495 g/mol. The van der Waals surface area contributed by atoms with Crippen molar-refractivity contribution >= 4 is 28.9 Å². The van der Waals surface area contributed by atoms with Gasteiger partial charge in [0.15, 0.2) is 5.65 Å². The van der Waals surface area contributed by atoms with E-state index < -0.39 is 37.7 Å². The molecule has 3 rings (SSSR count). The van der Waals surface area contributed by atoms with Crippen LogP contribution in [0.3, 0.4) is 0 Å². The molecule has 15 heteroatoms. The van der Waals surface area contributed by atoms with Crippen LogP contribution in [0.5, 0.6) is 5.75 Å². The Bertz CT molecular complexity index is 1120. The van der Waals surface area contributed by atoms with Gasteiger partial charge >= 0.3 is 12.4 Å². The number of halogens is 7. The Morgan fingerprint density at radius 3 is 2.26 bits per heavy atom. The maximum absolute atomic E-state index is 14.4. The number of fused-ring (bicyclic) bond motifs is 1. The number of para-hydroxylation sites is 1. The zero-order chi connectivity index (χ0) is 25.1. The van der Waals surface area contributed by atoms with Gasteiger partial charge in [0.25, 0.3) is 0 Å². The van der Waals surface area contributed by atoms with Gasteiger partial charge in [0.05, 0.1) is 24.9 Å². The van der Waals surface area contributed by atoms with E-state index in [0.29, 0.717) is 15.7 Å². The van der Waals surface area contributed by atoms with Crippen molar-refractivity contribution in [3.63, 3.8) is 0 Å². The Morgan fingerprint density at radius 1 is 1.00 bits per heavy atom. The van der Waals surface area contributed by atoms with E-state index >= 15 is 0 Å². The van der Waals surface area contributed by atoms with Crippen LogP contribution in [0.1, 0.15) is 12.8 Å². The second-order valence-electron chi connectivity index (χ2n) is 7.07. The van der Waals surface area contributed by atoms with Crippen LogP contribution in [-0.4, -0.2) is 51.4 Å². The van der Waals surface area contributed by atoms with Gasteiger partial charge in [0.2, 0.25) is 11.8 Å². The molecule has 1 aromatic carbocycles. The first-order valence-electron chi connectivity index (χ1n) is 9.54. The number of nitrogens with two attached hydrogens (primary N) is 1.